The first-order valence-corrected chi connectivity index (χ1v) is 8.26. The average Bonchev–Trinajstić information content (AvgIpc) is 2.87. The zero-order valence-corrected chi connectivity index (χ0v) is 14.9. The molecule has 1 aliphatic heterocycles. The minimum atomic E-state index is -0.193. The number of aromatic nitrogens is 1. The molecule has 4 nitrogen and oxygen atoms in total. The molecular formula is C20H23N3O. The molecule has 1 aliphatic rings. The van der Waals surface area contributed by atoms with Gasteiger partial charge in [-0.15, -0.1) is 0 Å². The number of nitrogens with zero attached hydrogens (tertiary/aromatic N) is 3. The smallest absolute Gasteiger partial charge is 0.230 e. The van der Waals surface area contributed by atoms with Gasteiger partial charge in [-0.3, -0.25) is 9.36 Å². The first kappa shape index (κ1) is 16.3. The second kappa shape index (κ2) is 5.52. The molecule has 0 radical (unpaired) electrons. The van der Waals surface area contributed by atoms with Crippen LogP contribution in [0.4, 0.5) is 11.5 Å². The zero-order chi connectivity index (χ0) is 17.6. The van der Waals surface area contributed by atoms with E-state index in [4.69, 9.17) is 6.57 Å². The molecular weight excluding hydrogens is 298 g/mol. The van der Waals surface area contributed by atoms with E-state index in [1.807, 2.05) is 54.6 Å². The number of hydrogen-bond acceptors (Lipinski definition) is 1. The van der Waals surface area contributed by atoms with E-state index in [9.17, 15) is 4.79 Å². The highest BCUT2D eigenvalue weighted by molar-refractivity contribution is 5.98. The van der Waals surface area contributed by atoms with Crippen LogP contribution >= 0.6 is 0 Å². The van der Waals surface area contributed by atoms with Gasteiger partial charge in [-0.05, 0) is 49.7 Å². The van der Waals surface area contributed by atoms with Crippen LogP contribution in [0.5, 0.6) is 0 Å². The van der Waals surface area contributed by atoms with Gasteiger partial charge in [-0.1, -0.05) is 20.4 Å². The summed E-state index contributed by atoms with van der Waals surface area (Å²) in [6, 6.07) is 10.2. The summed E-state index contributed by atoms with van der Waals surface area (Å²) in [4.78, 5) is 18.0. The molecule has 1 aromatic heterocycles. The number of anilines is 1. The number of carbonyl (C=O) groups is 1. The van der Waals surface area contributed by atoms with Crippen molar-refractivity contribution in [2.24, 2.45) is 7.05 Å². The summed E-state index contributed by atoms with van der Waals surface area (Å²) < 4.78 is 1.91. The molecule has 4 heteroatoms. The Bertz CT molecular complexity index is 852. The lowest BCUT2D eigenvalue weighted by molar-refractivity contribution is -0.120. The SMILES string of the molecule is [C-]#[N+]c1ccc(-c2ccc3c(c2)C(C)(C)CC(=O)N3C(C)C)n1C. The van der Waals surface area contributed by atoms with E-state index in [2.05, 4.69) is 24.8 Å². The van der Waals surface area contributed by atoms with Crippen molar-refractivity contribution < 1.29 is 4.79 Å². The molecule has 0 saturated carbocycles. The molecule has 1 aromatic carbocycles. The Hall–Kier alpha value is -2.54. The summed E-state index contributed by atoms with van der Waals surface area (Å²) >= 11 is 0. The number of hydrogen-bond donors (Lipinski definition) is 0. The first-order valence-electron chi connectivity index (χ1n) is 8.26. The van der Waals surface area contributed by atoms with Crippen molar-refractivity contribution in [3.8, 4) is 11.3 Å². The maximum atomic E-state index is 12.6. The second-order valence-electron chi connectivity index (χ2n) is 7.40. The van der Waals surface area contributed by atoms with Gasteiger partial charge in [-0.25, -0.2) is 0 Å². The van der Waals surface area contributed by atoms with Gasteiger partial charge in [0, 0.05) is 29.1 Å². The van der Waals surface area contributed by atoms with Gasteiger partial charge in [0.05, 0.1) is 7.05 Å². The highest BCUT2D eigenvalue weighted by Crippen LogP contribution is 2.43. The van der Waals surface area contributed by atoms with Crippen LogP contribution in [0, 0.1) is 6.57 Å². The van der Waals surface area contributed by atoms with Gasteiger partial charge >= 0.3 is 0 Å². The van der Waals surface area contributed by atoms with Gasteiger partial charge in [0.2, 0.25) is 11.7 Å². The number of benzene rings is 1. The molecule has 124 valence electrons. The summed E-state index contributed by atoms with van der Waals surface area (Å²) in [7, 11) is 1.91. The van der Waals surface area contributed by atoms with Gasteiger partial charge in [0.1, 0.15) is 5.69 Å². The summed E-state index contributed by atoms with van der Waals surface area (Å²) in [6.45, 7) is 15.6. The molecule has 0 aliphatic carbocycles. The fourth-order valence-electron chi connectivity index (χ4n) is 3.61. The zero-order valence-electron chi connectivity index (χ0n) is 14.9. The molecule has 0 saturated heterocycles. The van der Waals surface area contributed by atoms with Gasteiger partial charge in [0.25, 0.3) is 0 Å². The van der Waals surface area contributed by atoms with Crippen LogP contribution in [0.15, 0.2) is 30.3 Å². The number of amides is 1. The van der Waals surface area contributed by atoms with Crippen molar-refractivity contribution in [2.75, 3.05) is 4.90 Å². The molecule has 24 heavy (non-hydrogen) atoms. The lowest BCUT2D eigenvalue weighted by Crippen LogP contribution is -2.45. The molecule has 1 amide bonds. The molecule has 0 spiro atoms. The van der Waals surface area contributed by atoms with Gasteiger partial charge in [0.15, 0.2) is 0 Å². The summed E-state index contributed by atoms with van der Waals surface area (Å²) in [5, 5.41) is 0. The third-order valence-corrected chi connectivity index (χ3v) is 4.87. The Morgan fingerprint density at radius 2 is 1.92 bits per heavy atom. The van der Waals surface area contributed by atoms with E-state index in [0.29, 0.717) is 12.2 Å². The topological polar surface area (TPSA) is 29.6 Å². The Kier molecular flexibility index (Phi) is 3.76. The van der Waals surface area contributed by atoms with Gasteiger partial charge in [-0.2, -0.15) is 0 Å². The van der Waals surface area contributed by atoms with E-state index >= 15 is 0 Å². The van der Waals surface area contributed by atoms with Gasteiger partial charge < -0.3 is 9.74 Å². The van der Waals surface area contributed by atoms with Crippen molar-refractivity contribution in [1.82, 2.24) is 4.57 Å². The summed E-state index contributed by atoms with van der Waals surface area (Å²) in [5.74, 6) is 0.811. The lowest BCUT2D eigenvalue weighted by atomic mass is 9.76. The standard InChI is InChI=1S/C20H23N3O/c1-13(2)23-17-8-7-14(16-9-10-18(21-5)22(16)6)11-15(17)20(3,4)12-19(23)24/h7-11,13H,12H2,1-4,6H3. The van der Waals surface area contributed by atoms with E-state index in [1.54, 1.807) is 0 Å². The van der Waals surface area contributed by atoms with Crippen molar-refractivity contribution in [2.45, 2.75) is 45.6 Å². The van der Waals surface area contributed by atoms with Crippen molar-refractivity contribution in [3.63, 3.8) is 0 Å². The molecule has 2 aromatic rings. The summed E-state index contributed by atoms with van der Waals surface area (Å²) in [5.41, 5.74) is 4.11. The van der Waals surface area contributed by atoms with Crippen LogP contribution in [-0.2, 0) is 17.3 Å². The molecule has 0 N–H and O–H groups in total. The number of fused-ring (bicyclic) bond motifs is 1. The van der Waals surface area contributed by atoms with E-state index in [1.165, 1.54) is 5.56 Å². The molecule has 2 heterocycles. The Balaban J connectivity index is 2.18. The third-order valence-electron chi connectivity index (χ3n) is 4.87. The minimum absolute atomic E-state index is 0.141. The van der Waals surface area contributed by atoms with E-state index in [0.717, 1.165) is 16.9 Å². The minimum Gasteiger partial charge on any atom is -0.364 e. The maximum absolute atomic E-state index is 12.6. The molecule has 0 atom stereocenters. The Morgan fingerprint density at radius 1 is 1.21 bits per heavy atom. The normalized spacial score (nSPS) is 16.2. The molecule has 0 unspecified atom stereocenters. The Labute approximate surface area is 143 Å². The average molecular weight is 321 g/mol. The fourth-order valence-corrected chi connectivity index (χ4v) is 3.61. The lowest BCUT2D eigenvalue weighted by Gasteiger charge is -2.40. The van der Waals surface area contributed by atoms with Crippen LogP contribution in [0.3, 0.4) is 0 Å². The van der Waals surface area contributed by atoms with E-state index in [-0.39, 0.29) is 17.4 Å². The largest absolute Gasteiger partial charge is 0.364 e. The second-order valence-corrected chi connectivity index (χ2v) is 7.40. The van der Waals surface area contributed by atoms with Crippen LogP contribution in [0.2, 0.25) is 0 Å². The summed E-state index contributed by atoms with van der Waals surface area (Å²) in [6.07, 6.45) is 0.516. The van der Waals surface area contributed by atoms with Crippen molar-refractivity contribution in [1.29, 1.82) is 0 Å². The Morgan fingerprint density at radius 3 is 2.50 bits per heavy atom. The monoisotopic (exact) mass is 321 g/mol. The van der Waals surface area contributed by atoms with Crippen LogP contribution in [0.25, 0.3) is 16.1 Å². The van der Waals surface area contributed by atoms with Crippen molar-refractivity contribution in [3.05, 3.63) is 47.3 Å². The van der Waals surface area contributed by atoms with Crippen LogP contribution in [0.1, 0.15) is 39.7 Å². The van der Waals surface area contributed by atoms with Crippen LogP contribution < -0.4 is 4.90 Å². The highest BCUT2D eigenvalue weighted by Gasteiger charge is 2.37. The molecule has 0 bridgehead atoms. The molecule has 0 fully saturated rings. The predicted octanol–water partition coefficient (Wildman–Crippen LogP) is 4.67. The number of rotatable bonds is 2. The quantitative estimate of drug-likeness (QED) is 0.739. The molecule has 3 rings (SSSR count). The van der Waals surface area contributed by atoms with E-state index < -0.39 is 0 Å². The fraction of sp³-hybridized carbons (Fsp3) is 0.400. The first-order chi connectivity index (χ1) is 11.3. The third kappa shape index (κ3) is 2.41. The predicted molar refractivity (Wildman–Crippen MR) is 97.4 cm³/mol. The maximum Gasteiger partial charge on any atom is 0.230 e. The highest BCUT2D eigenvalue weighted by atomic mass is 16.2. The van der Waals surface area contributed by atoms with Crippen molar-refractivity contribution >= 4 is 17.4 Å². The number of carbonyl (C=O) groups excluding carboxylic acids is 1. The van der Waals surface area contributed by atoms with Crippen LogP contribution in [-0.4, -0.2) is 16.5 Å².